The summed E-state index contributed by atoms with van der Waals surface area (Å²) in [5.41, 5.74) is 1.62. The average molecular weight is 580 g/mol. The fourth-order valence-electron chi connectivity index (χ4n) is 3.57. The molecule has 1 radical (unpaired) electrons. The summed E-state index contributed by atoms with van der Waals surface area (Å²) >= 11 is 0. The third kappa shape index (κ3) is 11.8. The molecule has 0 amide bonds. The molecule has 2 heterocycles. The van der Waals surface area contributed by atoms with Crippen LogP contribution in [0, 0.1) is 0 Å². The molecule has 4 aromatic rings. The Kier molecular flexibility index (Phi) is 15.3. The number of aromatic hydroxyl groups is 3. The second kappa shape index (κ2) is 18.1. The van der Waals surface area contributed by atoms with E-state index in [-0.39, 0.29) is 34.1 Å². The molecule has 209 valence electrons. The smallest absolute Gasteiger partial charge is 0.339 e. The van der Waals surface area contributed by atoms with Gasteiger partial charge < -0.3 is 20.4 Å². The molecule has 0 unspecified atom stereocenters. The van der Waals surface area contributed by atoms with Crippen molar-refractivity contribution in [1.82, 2.24) is 9.88 Å². The van der Waals surface area contributed by atoms with E-state index in [1.807, 2.05) is 24.5 Å². The van der Waals surface area contributed by atoms with Crippen LogP contribution in [-0.4, -0.2) is 56.2 Å². The number of carboxylic acids is 1. The van der Waals surface area contributed by atoms with Crippen LogP contribution >= 0.6 is 0 Å². The van der Waals surface area contributed by atoms with E-state index in [2.05, 4.69) is 23.0 Å². The largest absolute Gasteiger partial charge is 0.508 e. The van der Waals surface area contributed by atoms with Crippen LogP contribution in [0.4, 0.5) is 0 Å². The van der Waals surface area contributed by atoms with Crippen molar-refractivity contribution < 1.29 is 47.1 Å². The summed E-state index contributed by atoms with van der Waals surface area (Å²) in [6.07, 6.45) is 7.03. The van der Waals surface area contributed by atoms with Gasteiger partial charge in [0.15, 0.2) is 6.29 Å². The first-order valence-electron chi connectivity index (χ1n) is 11.9. The molecule has 39 heavy (non-hydrogen) atoms. The number of benzene rings is 3. The van der Waals surface area contributed by atoms with Crippen molar-refractivity contribution in [3.05, 3.63) is 120 Å². The molecule has 0 aliphatic carbocycles. The number of carbonyl (C=O) groups is 2. The van der Waals surface area contributed by atoms with Gasteiger partial charge in [0.05, 0.1) is 5.56 Å². The molecule has 1 atom stereocenters. The Morgan fingerprint density at radius 2 is 1.49 bits per heavy atom. The van der Waals surface area contributed by atoms with Gasteiger partial charge in [0.25, 0.3) is 0 Å². The van der Waals surface area contributed by atoms with Crippen LogP contribution in [-0.2, 0) is 17.1 Å². The van der Waals surface area contributed by atoms with Crippen LogP contribution in [0.2, 0.25) is 0 Å². The summed E-state index contributed by atoms with van der Waals surface area (Å²) in [6, 6.07) is 25.7. The molecule has 0 bridgehead atoms. The number of carboxylic acid groups (broad SMARTS) is 1. The summed E-state index contributed by atoms with van der Waals surface area (Å²) in [5.74, 6) is -0.955. The van der Waals surface area contributed by atoms with E-state index < -0.39 is 5.97 Å². The topological polar surface area (TPSA) is 131 Å². The standard InChI is InChI=1S/C10H14N2.C7H6O3.C7H6O2.C6H6O.Cu/c1-12-7-3-5-10(12)9-4-2-6-11-8-9;8-6-4-2-1-3-5(6)7(9)10;8-5-6-3-1-2-4-7(6)9;7-6-4-2-1-3-5-6;/h2,4,6,8,10H,3,5,7H2,1H3;1-4,8H,(H,9,10);1-5,9H;1-5,7H;/t10-;;;;/m0..../s1. The van der Waals surface area contributed by atoms with E-state index in [1.54, 1.807) is 54.6 Å². The second-order valence-electron chi connectivity index (χ2n) is 8.26. The van der Waals surface area contributed by atoms with Gasteiger partial charge >= 0.3 is 5.97 Å². The van der Waals surface area contributed by atoms with E-state index in [9.17, 15) is 9.59 Å². The molecule has 1 saturated heterocycles. The number of aromatic carboxylic acids is 1. The number of aldehydes is 1. The normalized spacial score (nSPS) is 13.5. The van der Waals surface area contributed by atoms with E-state index in [0.717, 1.165) is 0 Å². The van der Waals surface area contributed by atoms with Gasteiger partial charge in [0.2, 0.25) is 0 Å². The fourth-order valence-corrected chi connectivity index (χ4v) is 3.57. The number of nitrogens with zero attached hydrogens (tertiary/aromatic N) is 2. The van der Waals surface area contributed by atoms with Crippen LogP contribution in [0.25, 0.3) is 0 Å². The van der Waals surface area contributed by atoms with Crippen LogP contribution < -0.4 is 0 Å². The SMILES string of the molecule is CN1CCC[C@H]1c1cccnc1.O=C(O)c1ccccc1O.O=Cc1ccccc1O.Oc1ccccc1.[Cu]. The van der Waals surface area contributed by atoms with E-state index in [4.69, 9.17) is 20.4 Å². The molecule has 1 aliphatic heterocycles. The van der Waals surface area contributed by atoms with Gasteiger partial charge in [0.1, 0.15) is 22.8 Å². The molecule has 0 saturated carbocycles. The Morgan fingerprint density at radius 1 is 0.872 bits per heavy atom. The summed E-state index contributed by atoms with van der Waals surface area (Å²) in [7, 11) is 2.19. The minimum atomic E-state index is -1.11. The zero-order valence-corrected chi connectivity index (χ0v) is 22.3. The number of rotatable bonds is 3. The predicted octanol–water partition coefficient (Wildman–Crippen LogP) is 5.53. The van der Waals surface area contributed by atoms with Crippen molar-refractivity contribution in [3.63, 3.8) is 0 Å². The fraction of sp³-hybridized carbons (Fsp3) is 0.167. The molecule has 4 N–H and O–H groups in total. The van der Waals surface area contributed by atoms with Crippen molar-refractivity contribution >= 4 is 12.3 Å². The summed E-state index contributed by atoms with van der Waals surface area (Å²) in [5, 5.41) is 34.8. The Labute approximate surface area is 238 Å². The van der Waals surface area contributed by atoms with Gasteiger partial charge in [-0.3, -0.25) is 14.7 Å². The van der Waals surface area contributed by atoms with Gasteiger partial charge in [-0.05, 0) is 74.5 Å². The molecule has 1 fully saturated rings. The Bertz CT molecular complexity index is 1260. The quantitative estimate of drug-likeness (QED) is 0.184. The van der Waals surface area contributed by atoms with Gasteiger partial charge in [-0.1, -0.05) is 48.5 Å². The molecule has 5 rings (SSSR count). The zero-order chi connectivity index (χ0) is 27.8. The van der Waals surface area contributed by atoms with Gasteiger partial charge in [0, 0.05) is 35.5 Å². The number of phenolic OH excluding ortho intramolecular Hbond substituents is 2. The number of phenols is 3. The second-order valence-corrected chi connectivity index (χ2v) is 8.26. The molecule has 1 aliphatic rings. The van der Waals surface area contributed by atoms with Crippen LogP contribution in [0.5, 0.6) is 17.2 Å². The number of likely N-dealkylation sites (tertiary alicyclic amines) is 1. The molecule has 1 aromatic heterocycles. The third-order valence-corrected chi connectivity index (χ3v) is 5.54. The maximum absolute atomic E-state index is 10.3. The molecule has 3 aromatic carbocycles. The number of hydrogen-bond acceptors (Lipinski definition) is 7. The van der Waals surface area contributed by atoms with E-state index >= 15 is 0 Å². The number of aromatic nitrogens is 1. The molecule has 8 nitrogen and oxygen atoms in total. The predicted molar refractivity (Wildman–Crippen MR) is 146 cm³/mol. The molecular formula is C30H32CuN2O6. The van der Waals surface area contributed by atoms with Crippen LogP contribution in [0.3, 0.4) is 0 Å². The van der Waals surface area contributed by atoms with Crippen molar-refractivity contribution in [2.45, 2.75) is 18.9 Å². The minimum absolute atomic E-state index is 0. The zero-order valence-electron chi connectivity index (χ0n) is 21.4. The Hall–Kier alpha value is -4.17. The molecule has 0 spiro atoms. The van der Waals surface area contributed by atoms with Crippen molar-refractivity contribution in [2.24, 2.45) is 0 Å². The summed E-state index contributed by atoms with van der Waals surface area (Å²) < 4.78 is 0. The van der Waals surface area contributed by atoms with Crippen molar-refractivity contribution in [2.75, 3.05) is 13.6 Å². The van der Waals surface area contributed by atoms with Gasteiger partial charge in [-0.15, -0.1) is 0 Å². The number of hydrogen-bond donors (Lipinski definition) is 4. The monoisotopic (exact) mass is 579 g/mol. The van der Waals surface area contributed by atoms with Gasteiger partial charge in [-0.25, -0.2) is 4.79 Å². The number of para-hydroxylation sites is 3. The maximum atomic E-state index is 10.3. The summed E-state index contributed by atoms with van der Waals surface area (Å²) in [6.45, 7) is 1.22. The third-order valence-electron chi connectivity index (χ3n) is 5.54. The van der Waals surface area contributed by atoms with E-state index in [1.165, 1.54) is 43.1 Å². The first-order valence-corrected chi connectivity index (χ1v) is 11.9. The Balaban J connectivity index is 0.000000262. The molecule has 9 heteroatoms. The number of pyridine rings is 1. The van der Waals surface area contributed by atoms with E-state index in [0.29, 0.717) is 23.6 Å². The van der Waals surface area contributed by atoms with Gasteiger partial charge in [-0.2, -0.15) is 0 Å². The Morgan fingerprint density at radius 3 is 1.90 bits per heavy atom. The minimum Gasteiger partial charge on any atom is -0.508 e. The van der Waals surface area contributed by atoms with Crippen LogP contribution in [0.15, 0.2) is 103 Å². The maximum Gasteiger partial charge on any atom is 0.339 e. The van der Waals surface area contributed by atoms with Crippen molar-refractivity contribution in [3.8, 4) is 17.2 Å². The summed E-state index contributed by atoms with van der Waals surface area (Å²) in [4.78, 5) is 26.9. The first-order chi connectivity index (χ1) is 18.3. The average Bonchev–Trinajstić information content (AvgIpc) is 3.37. The van der Waals surface area contributed by atoms with Crippen LogP contribution in [0.1, 0.15) is 45.2 Å². The molecular weight excluding hydrogens is 548 g/mol. The van der Waals surface area contributed by atoms with Crippen molar-refractivity contribution in [1.29, 1.82) is 0 Å². The number of carbonyl (C=O) groups excluding carboxylic acids is 1. The first kappa shape index (κ1) is 32.9.